The summed E-state index contributed by atoms with van der Waals surface area (Å²) in [7, 11) is 0. The van der Waals surface area contributed by atoms with Crippen LogP contribution in [-0.4, -0.2) is 43.9 Å². The van der Waals surface area contributed by atoms with Crippen LogP contribution in [0.1, 0.15) is 11.3 Å². The molecule has 0 fully saturated rings. The minimum atomic E-state index is -4.44. The summed E-state index contributed by atoms with van der Waals surface area (Å²) >= 11 is 0. The van der Waals surface area contributed by atoms with Crippen LogP contribution >= 0.6 is 0 Å². The molecule has 0 bridgehead atoms. The second-order valence-electron chi connectivity index (χ2n) is 5.63. The van der Waals surface area contributed by atoms with Crippen LogP contribution in [0.5, 0.6) is 5.75 Å². The van der Waals surface area contributed by atoms with Crippen LogP contribution in [0.4, 0.5) is 19.0 Å². The van der Waals surface area contributed by atoms with Crippen molar-refractivity contribution >= 4 is 11.6 Å². The summed E-state index contributed by atoms with van der Waals surface area (Å²) in [5, 5.41) is 17.0. The molecule has 0 aliphatic heterocycles. The minimum absolute atomic E-state index is 0.0392. The molecule has 0 radical (unpaired) electrons. The third kappa shape index (κ3) is 4.20. The van der Waals surface area contributed by atoms with Crippen molar-refractivity contribution in [3.05, 3.63) is 47.9 Å². The lowest BCUT2D eigenvalue weighted by atomic mass is 10.2. The number of hydrogen-bond acceptors (Lipinski definition) is 6. The van der Waals surface area contributed by atoms with E-state index in [0.717, 1.165) is 17.8 Å². The maximum absolute atomic E-state index is 12.7. The number of aliphatic hydroxyl groups excluding tert-OH is 1. The van der Waals surface area contributed by atoms with Crippen molar-refractivity contribution in [3.63, 3.8) is 0 Å². The van der Waals surface area contributed by atoms with Crippen molar-refractivity contribution in [2.45, 2.75) is 19.2 Å². The molecule has 0 aliphatic rings. The maximum Gasteiger partial charge on any atom is 0.416 e. The molecule has 0 aliphatic carbocycles. The molecule has 7 nitrogen and oxygen atoms in total. The Hall–Kier alpha value is -2.88. The highest BCUT2D eigenvalue weighted by molar-refractivity contribution is 5.44. The summed E-state index contributed by atoms with van der Waals surface area (Å²) in [6.07, 6.45) is -4.03. The Morgan fingerprint density at radius 3 is 2.88 bits per heavy atom. The van der Waals surface area contributed by atoms with Gasteiger partial charge in [-0.15, -0.1) is 0 Å². The van der Waals surface area contributed by atoms with Gasteiger partial charge >= 0.3 is 6.18 Å². The van der Waals surface area contributed by atoms with Crippen LogP contribution in [0.3, 0.4) is 0 Å². The summed E-state index contributed by atoms with van der Waals surface area (Å²) in [5.41, 5.74) is -0.0776. The monoisotopic (exact) mass is 367 g/mol. The Morgan fingerprint density at radius 2 is 2.12 bits per heavy atom. The van der Waals surface area contributed by atoms with Gasteiger partial charge < -0.3 is 15.2 Å². The fourth-order valence-corrected chi connectivity index (χ4v) is 2.29. The predicted molar refractivity (Wildman–Crippen MR) is 87.0 cm³/mol. The van der Waals surface area contributed by atoms with E-state index in [0.29, 0.717) is 11.6 Å². The first-order chi connectivity index (χ1) is 12.3. The zero-order valence-electron chi connectivity index (χ0n) is 13.7. The molecule has 26 heavy (non-hydrogen) atoms. The van der Waals surface area contributed by atoms with Crippen LogP contribution in [0.2, 0.25) is 0 Å². The fourth-order valence-electron chi connectivity index (χ4n) is 2.29. The Labute approximate surface area is 146 Å². The van der Waals surface area contributed by atoms with Gasteiger partial charge in [-0.2, -0.15) is 27.8 Å². The van der Waals surface area contributed by atoms with Crippen molar-refractivity contribution < 1.29 is 23.0 Å². The second kappa shape index (κ2) is 7.16. The number of ether oxygens (including phenoxy) is 1. The molecule has 3 aromatic rings. The predicted octanol–water partition coefficient (Wildman–Crippen LogP) is 2.30. The van der Waals surface area contributed by atoms with E-state index in [4.69, 9.17) is 4.74 Å². The summed E-state index contributed by atoms with van der Waals surface area (Å²) in [5.74, 6) is 1.04. The van der Waals surface area contributed by atoms with E-state index in [1.807, 2.05) is 0 Å². The largest absolute Gasteiger partial charge is 0.491 e. The van der Waals surface area contributed by atoms with Gasteiger partial charge in [0.2, 0.25) is 0 Å². The molecular weight excluding hydrogens is 351 g/mol. The lowest BCUT2D eigenvalue weighted by Crippen LogP contribution is -2.27. The third-order valence-electron chi connectivity index (χ3n) is 3.50. The molecule has 138 valence electrons. The number of rotatable bonds is 6. The van der Waals surface area contributed by atoms with Gasteiger partial charge in [-0.05, 0) is 25.1 Å². The topological polar surface area (TPSA) is 84.6 Å². The van der Waals surface area contributed by atoms with E-state index >= 15 is 0 Å². The van der Waals surface area contributed by atoms with E-state index in [9.17, 15) is 18.3 Å². The van der Waals surface area contributed by atoms with Crippen LogP contribution in [-0.2, 0) is 6.18 Å². The molecular formula is C16H16F3N5O2. The van der Waals surface area contributed by atoms with E-state index in [1.54, 1.807) is 13.0 Å². The molecule has 0 amide bonds. The fraction of sp³-hybridized carbons (Fsp3) is 0.312. The molecule has 1 atom stereocenters. The molecule has 1 aromatic carbocycles. The van der Waals surface area contributed by atoms with E-state index in [2.05, 4.69) is 20.4 Å². The summed E-state index contributed by atoms with van der Waals surface area (Å²) < 4.78 is 44.8. The lowest BCUT2D eigenvalue weighted by Gasteiger charge is -2.15. The van der Waals surface area contributed by atoms with Crippen molar-refractivity contribution in [1.82, 2.24) is 19.6 Å². The number of benzene rings is 1. The first-order valence-electron chi connectivity index (χ1n) is 7.72. The molecule has 0 saturated carbocycles. The molecule has 0 saturated heterocycles. The van der Waals surface area contributed by atoms with Crippen molar-refractivity contribution in [2.24, 2.45) is 0 Å². The summed E-state index contributed by atoms with van der Waals surface area (Å²) in [6, 6.07) is 6.25. The minimum Gasteiger partial charge on any atom is -0.491 e. The van der Waals surface area contributed by atoms with Gasteiger partial charge in [0, 0.05) is 18.3 Å². The van der Waals surface area contributed by atoms with Crippen LogP contribution < -0.4 is 10.1 Å². The average Bonchev–Trinajstić information content (AvgIpc) is 3.05. The van der Waals surface area contributed by atoms with Gasteiger partial charge in [0.15, 0.2) is 0 Å². The van der Waals surface area contributed by atoms with Gasteiger partial charge in [0.25, 0.3) is 5.78 Å². The second-order valence-corrected chi connectivity index (χ2v) is 5.63. The molecule has 0 spiro atoms. The molecule has 2 aromatic heterocycles. The smallest absolute Gasteiger partial charge is 0.416 e. The normalized spacial score (nSPS) is 13.0. The number of fused-ring (bicyclic) bond motifs is 1. The van der Waals surface area contributed by atoms with Gasteiger partial charge in [0.05, 0.1) is 5.56 Å². The Bertz CT molecular complexity index is 897. The Kier molecular flexibility index (Phi) is 4.94. The van der Waals surface area contributed by atoms with Gasteiger partial charge in [-0.3, -0.25) is 0 Å². The maximum atomic E-state index is 12.7. The number of hydrogen-bond donors (Lipinski definition) is 2. The van der Waals surface area contributed by atoms with Gasteiger partial charge in [0.1, 0.15) is 30.6 Å². The summed E-state index contributed by atoms with van der Waals surface area (Å²) in [4.78, 5) is 8.19. The van der Waals surface area contributed by atoms with E-state index in [1.165, 1.54) is 23.0 Å². The number of aryl methyl sites for hydroxylation is 1. The average molecular weight is 367 g/mol. The number of aliphatic hydroxyl groups is 1. The molecule has 10 heteroatoms. The molecule has 2 N–H and O–H groups in total. The number of halogens is 3. The molecule has 3 rings (SSSR count). The van der Waals surface area contributed by atoms with Crippen LogP contribution in [0, 0.1) is 6.92 Å². The highest BCUT2D eigenvalue weighted by Crippen LogP contribution is 2.31. The van der Waals surface area contributed by atoms with Gasteiger partial charge in [-0.25, -0.2) is 4.98 Å². The zero-order valence-corrected chi connectivity index (χ0v) is 13.7. The summed E-state index contributed by atoms with van der Waals surface area (Å²) in [6.45, 7) is 1.74. The van der Waals surface area contributed by atoms with E-state index < -0.39 is 17.8 Å². The van der Waals surface area contributed by atoms with Crippen molar-refractivity contribution in [1.29, 1.82) is 0 Å². The third-order valence-corrected chi connectivity index (χ3v) is 3.50. The number of nitrogens with one attached hydrogen (secondary N) is 1. The molecule has 1 unspecified atom stereocenters. The SMILES string of the molecule is Cc1cc(NCC(O)COc2cccc(C(F)(F)F)c2)n2ncnc2n1. The van der Waals surface area contributed by atoms with Crippen molar-refractivity contribution in [3.8, 4) is 5.75 Å². The zero-order chi connectivity index (χ0) is 18.7. The number of alkyl halides is 3. The Morgan fingerprint density at radius 1 is 1.31 bits per heavy atom. The van der Waals surface area contributed by atoms with Gasteiger partial charge in [-0.1, -0.05) is 6.07 Å². The lowest BCUT2D eigenvalue weighted by molar-refractivity contribution is -0.137. The standard InChI is InChI=1S/C16H16F3N5O2/c1-10-5-14(24-15(23-10)21-9-22-24)20-7-12(25)8-26-13-4-2-3-11(6-13)16(17,18)19/h2-6,9,12,20,25H,7-8H2,1H3. The Balaban J connectivity index is 1.58. The highest BCUT2D eigenvalue weighted by Gasteiger charge is 2.30. The number of nitrogens with zero attached hydrogens (tertiary/aromatic N) is 4. The van der Waals surface area contributed by atoms with E-state index in [-0.39, 0.29) is 18.9 Å². The molecule has 2 heterocycles. The van der Waals surface area contributed by atoms with Crippen LogP contribution in [0.15, 0.2) is 36.7 Å². The number of anilines is 1. The highest BCUT2D eigenvalue weighted by atomic mass is 19.4. The number of aromatic nitrogens is 4. The quantitative estimate of drug-likeness (QED) is 0.696. The van der Waals surface area contributed by atoms with Crippen LogP contribution in [0.25, 0.3) is 5.78 Å². The first-order valence-corrected chi connectivity index (χ1v) is 7.72. The van der Waals surface area contributed by atoms with Crippen molar-refractivity contribution in [2.75, 3.05) is 18.5 Å². The first kappa shape index (κ1) is 17.9.